The van der Waals surface area contributed by atoms with Crippen molar-refractivity contribution in [1.82, 2.24) is 0 Å². The van der Waals surface area contributed by atoms with E-state index in [-0.39, 0.29) is 16.6 Å². The van der Waals surface area contributed by atoms with Crippen LogP contribution in [0.3, 0.4) is 0 Å². The topological polar surface area (TPSA) is 89.7 Å². The summed E-state index contributed by atoms with van der Waals surface area (Å²) in [6.07, 6.45) is 1.44. The largest absolute Gasteiger partial charge is 0.459 e. The molecule has 0 saturated heterocycles. The van der Waals surface area contributed by atoms with Gasteiger partial charge < -0.3 is 9.64 Å². The van der Waals surface area contributed by atoms with Crippen molar-refractivity contribution in [3.05, 3.63) is 23.8 Å². The predicted molar refractivity (Wildman–Crippen MR) is 81.9 cm³/mol. The van der Waals surface area contributed by atoms with Crippen LogP contribution in [0.25, 0.3) is 0 Å². The zero-order valence-electron chi connectivity index (χ0n) is 12.8. The minimum Gasteiger partial charge on any atom is -0.459 e. The SMILES string of the molecule is CCCC(C)OC(=O)c1ccc(N(C)C)c(S(N)(=O)=O)c1. The number of rotatable bonds is 6. The fraction of sp³-hybridized carbons (Fsp3) is 0.500. The molecule has 0 heterocycles. The first-order chi connectivity index (χ1) is 9.66. The van der Waals surface area contributed by atoms with Crippen LogP contribution >= 0.6 is 0 Å². The van der Waals surface area contributed by atoms with Gasteiger partial charge in [-0.25, -0.2) is 18.4 Å². The van der Waals surface area contributed by atoms with E-state index in [2.05, 4.69) is 0 Å². The molecular formula is C14H22N2O4S. The first kappa shape index (κ1) is 17.5. The Labute approximate surface area is 125 Å². The van der Waals surface area contributed by atoms with E-state index in [0.717, 1.165) is 12.8 Å². The average molecular weight is 314 g/mol. The van der Waals surface area contributed by atoms with E-state index in [1.165, 1.54) is 12.1 Å². The third-order valence-corrected chi connectivity index (χ3v) is 3.93. The smallest absolute Gasteiger partial charge is 0.338 e. The van der Waals surface area contributed by atoms with Crippen LogP contribution in [0.5, 0.6) is 0 Å². The van der Waals surface area contributed by atoms with E-state index in [4.69, 9.17) is 9.88 Å². The highest BCUT2D eigenvalue weighted by molar-refractivity contribution is 7.89. The molecule has 0 radical (unpaired) electrons. The van der Waals surface area contributed by atoms with Gasteiger partial charge in [-0.15, -0.1) is 0 Å². The van der Waals surface area contributed by atoms with Crippen molar-refractivity contribution in [2.45, 2.75) is 37.7 Å². The molecule has 0 amide bonds. The van der Waals surface area contributed by atoms with E-state index < -0.39 is 16.0 Å². The fourth-order valence-electron chi connectivity index (χ4n) is 1.95. The highest BCUT2D eigenvalue weighted by Crippen LogP contribution is 2.24. The number of nitrogens with two attached hydrogens (primary N) is 1. The molecule has 1 aromatic carbocycles. The Morgan fingerprint density at radius 3 is 2.48 bits per heavy atom. The molecule has 21 heavy (non-hydrogen) atoms. The summed E-state index contributed by atoms with van der Waals surface area (Å²) in [5.41, 5.74) is 0.600. The minimum absolute atomic E-state index is 0.0925. The van der Waals surface area contributed by atoms with Gasteiger partial charge >= 0.3 is 5.97 Å². The molecule has 0 aliphatic rings. The number of carbonyl (C=O) groups is 1. The van der Waals surface area contributed by atoms with Crippen molar-refractivity contribution in [2.75, 3.05) is 19.0 Å². The summed E-state index contributed by atoms with van der Waals surface area (Å²) in [5, 5.41) is 5.21. The normalized spacial score (nSPS) is 12.8. The molecule has 0 aromatic heterocycles. The quantitative estimate of drug-likeness (QED) is 0.808. The zero-order chi connectivity index (χ0) is 16.2. The van der Waals surface area contributed by atoms with Gasteiger partial charge in [0, 0.05) is 14.1 Å². The molecule has 6 nitrogen and oxygen atoms in total. The Balaban J connectivity index is 3.14. The number of hydrogen-bond donors (Lipinski definition) is 1. The number of nitrogens with zero attached hydrogens (tertiary/aromatic N) is 1. The van der Waals surface area contributed by atoms with Crippen LogP contribution in [0.4, 0.5) is 5.69 Å². The van der Waals surface area contributed by atoms with Crippen molar-refractivity contribution in [1.29, 1.82) is 0 Å². The number of esters is 1. The third-order valence-electron chi connectivity index (χ3n) is 2.99. The van der Waals surface area contributed by atoms with Gasteiger partial charge in [0.05, 0.1) is 17.4 Å². The van der Waals surface area contributed by atoms with E-state index in [0.29, 0.717) is 5.69 Å². The lowest BCUT2D eigenvalue weighted by Crippen LogP contribution is -2.20. The van der Waals surface area contributed by atoms with Crippen LogP contribution in [0.2, 0.25) is 0 Å². The second-order valence-electron chi connectivity index (χ2n) is 5.13. The number of carbonyl (C=O) groups excluding carboxylic acids is 1. The number of primary sulfonamides is 1. The molecule has 1 rings (SSSR count). The van der Waals surface area contributed by atoms with Gasteiger partial charge in [-0.2, -0.15) is 0 Å². The lowest BCUT2D eigenvalue weighted by atomic mass is 10.2. The number of benzene rings is 1. The van der Waals surface area contributed by atoms with Crippen LogP contribution in [0.15, 0.2) is 23.1 Å². The van der Waals surface area contributed by atoms with Gasteiger partial charge in [-0.1, -0.05) is 13.3 Å². The van der Waals surface area contributed by atoms with E-state index in [1.54, 1.807) is 32.0 Å². The monoisotopic (exact) mass is 314 g/mol. The number of ether oxygens (including phenoxy) is 1. The number of sulfonamides is 1. The highest BCUT2D eigenvalue weighted by atomic mass is 32.2. The molecular weight excluding hydrogens is 292 g/mol. The Bertz CT molecular complexity index is 611. The Morgan fingerprint density at radius 1 is 1.38 bits per heavy atom. The summed E-state index contributed by atoms with van der Waals surface area (Å²) in [5.74, 6) is -0.550. The van der Waals surface area contributed by atoms with E-state index >= 15 is 0 Å². The lowest BCUT2D eigenvalue weighted by molar-refractivity contribution is 0.0323. The van der Waals surface area contributed by atoms with Crippen LogP contribution in [0.1, 0.15) is 37.0 Å². The molecule has 0 aliphatic heterocycles. The molecule has 1 atom stereocenters. The fourth-order valence-corrected chi connectivity index (χ4v) is 2.79. The van der Waals surface area contributed by atoms with Crippen molar-refractivity contribution in [2.24, 2.45) is 5.14 Å². The standard InChI is InChI=1S/C14H22N2O4S/c1-5-6-10(2)20-14(17)11-7-8-12(16(3)4)13(9-11)21(15,18)19/h7-10H,5-6H2,1-4H3,(H2,15,18,19). The van der Waals surface area contributed by atoms with Gasteiger partial charge in [0.2, 0.25) is 10.0 Å². The van der Waals surface area contributed by atoms with Gasteiger partial charge in [-0.05, 0) is 31.5 Å². The zero-order valence-corrected chi connectivity index (χ0v) is 13.6. The summed E-state index contributed by atoms with van der Waals surface area (Å²) in [6.45, 7) is 3.80. The van der Waals surface area contributed by atoms with E-state index in [1.807, 2.05) is 6.92 Å². The molecule has 0 spiro atoms. The molecule has 0 saturated carbocycles. The van der Waals surface area contributed by atoms with Crippen LogP contribution in [0, 0.1) is 0 Å². The number of hydrogen-bond acceptors (Lipinski definition) is 5. The van der Waals surface area contributed by atoms with Gasteiger partial charge in [-0.3, -0.25) is 0 Å². The lowest BCUT2D eigenvalue weighted by Gasteiger charge is -2.17. The van der Waals surface area contributed by atoms with Crippen molar-refractivity contribution in [3.63, 3.8) is 0 Å². The van der Waals surface area contributed by atoms with Crippen LogP contribution in [-0.2, 0) is 14.8 Å². The Hall–Kier alpha value is -1.60. The predicted octanol–water partition coefficient (Wildman–Crippen LogP) is 1.75. The first-order valence-corrected chi connectivity index (χ1v) is 8.26. The van der Waals surface area contributed by atoms with E-state index in [9.17, 15) is 13.2 Å². The van der Waals surface area contributed by atoms with Crippen molar-refractivity contribution in [3.8, 4) is 0 Å². The van der Waals surface area contributed by atoms with Gasteiger partial charge in [0.1, 0.15) is 4.90 Å². The van der Waals surface area contributed by atoms with Crippen LogP contribution < -0.4 is 10.0 Å². The van der Waals surface area contributed by atoms with Crippen molar-refractivity contribution >= 4 is 21.7 Å². The molecule has 118 valence electrons. The number of anilines is 1. The first-order valence-electron chi connectivity index (χ1n) is 6.72. The second-order valence-corrected chi connectivity index (χ2v) is 6.66. The molecule has 0 aliphatic carbocycles. The molecule has 0 bridgehead atoms. The maximum Gasteiger partial charge on any atom is 0.338 e. The van der Waals surface area contributed by atoms with Crippen molar-refractivity contribution < 1.29 is 17.9 Å². The van der Waals surface area contributed by atoms with Gasteiger partial charge in [0.15, 0.2) is 0 Å². The maximum absolute atomic E-state index is 12.0. The summed E-state index contributed by atoms with van der Waals surface area (Å²) in [7, 11) is -0.523. The average Bonchev–Trinajstić information content (AvgIpc) is 2.37. The van der Waals surface area contributed by atoms with Crippen LogP contribution in [-0.4, -0.2) is 34.6 Å². The minimum atomic E-state index is -3.92. The molecule has 7 heteroatoms. The Kier molecular flexibility index (Phi) is 5.74. The molecule has 2 N–H and O–H groups in total. The molecule has 0 fully saturated rings. The summed E-state index contributed by atoms with van der Waals surface area (Å²) in [4.78, 5) is 13.5. The third kappa shape index (κ3) is 4.71. The highest BCUT2D eigenvalue weighted by Gasteiger charge is 2.20. The summed E-state index contributed by atoms with van der Waals surface area (Å²) >= 11 is 0. The second kappa shape index (κ2) is 6.91. The summed E-state index contributed by atoms with van der Waals surface area (Å²) in [6, 6.07) is 4.33. The maximum atomic E-state index is 12.0. The molecule has 1 aromatic rings. The Morgan fingerprint density at radius 2 is 2.00 bits per heavy atom. The van der Waals surface area contributed by atoms with Gasteiger partial charge in [0.25, 0.3) is 0 Å². The summed E-state index contributed by atoms with van der Waals surface area (Å²) < 4.78 is 28.6. The molecule has 1 unspecified atom stereocenters.